The second-order valence-corrected chi connectivity index (χ2v) is 4.73. The molecule has 1 N–H and O–H groups in total. The maximum Gasteiger partial charge on any atom is 0.312 e. The van der Waals surface area contributed by atoms with Crippen molar-refractivity contribution in [1.82, 2.24) is 4.98 Å². The molecule has 0 saturated carbocycles. The van der Waals surface area contributed by atoms with Gasteiger partial charge in [0.1, 0.15) is 17.4 Å². The third kappa shape index (κ3) is 2.24. The van der Waals surface area contributed by atoms with Gasteiger partial charge in [-0.1, -0.05) is 18.2 Å². The molecule has 0 spiro atoms. The van der Waals surface area contributed by atoms with Crippen molar-refractivity contribution in [1.29, 1.82) is 0 Å². The fourth-order valence-electron chi connectivity index (χ4n) is 2.45. The molecule has 1 atom stereocenters. The molecule has 5 nitrogen and oxygen atoms in total. The van der Waals surface area contributed by atoms with E-state index in [1.807, 2.05) is 0 Å². The quantitative estimate of drug-likeness (QED) is 0.917. The smallest absolute Gasteiger partial charge is 0.312 e. The van der Waals surface area contributed by atoms with E-state index < -0.39 is 23.6 Å². The van der Waals surface area contributed by atoms with Crippen LogP contribution in [-0.2, 0) is 4.79 Å². The van der Waals surface area contributed by atoms with E-state index in [1.165, 1.54) is 11.0 Å². The van der Waals surface area contributed by atoms with Gasteiger partial charge in [0, 0.05) is 12.2 Å². The van der Waals surface area contributed by atoms with E-state index in [0.29, 0.717) is 11.3 Å². The van der Waals surface area contributed by atoms with Gasteiger partial charge in [-0.2, -0.15) is 0 Å². The van der Waals surface area contributed by atoms with E-state index in [2.05, 4.69) is 4.98 Å². The molecule has 106 valence electrons. The zero-order valence-corrected chi connectivity index (χ0v) is 10.9. The summed E-state index contributed by atoms with van der Waals surface area (Å²) >= 11 is 0. The van der Waals surface area contributed by atoms with Crippen LogP contribution >= 0.6 is 0 Å². The SMILES string of the molecule is O=C(O)C1CN(C(=O)c2ccc(F)cn2)c2ccccc21. The van der Waals surface area contributed by atoms with Crippen molar-refractivity contribution < 1.29 is 19.1 Å². The number of hydrogen-bond acceptors (Lipinski definition) is 3. The molecule has 0 saturated heterocycles. The van der Waals surface area contributed by atoms with Crippen molar-refractivity contribution >= 4 is 17.6 Å². The van der Waals surface area contributed by atoms with Crippen LogP contribution in [-0.4, -0.2) is 28.5 Å². The Balaban J connectivity index is 1.98. The first kappa shape index (κ1) is 13.2. The number of para-hydroxylation sites is 1. The Hall–Kier alpha value is -2.76. The fraction of sp³-hybridized carbons (Fsp3) is 0.133. The number of fused-ring (bicyclic) bond motifs is 1. The summed E-state index contributed by atoms with van der Waals surface area (Å²) in [5.41, 5.74) is 1.23. The van der Waals surface area contributed by atoms with Crippen LogP contribution < -0.4 is 4.90 Å². The number of carbonyl (C=O) groups excluding carboxylic acids is 1. The number of halogens is 1. The van der Waals surface area contributed by atoms with Crippen molar-refractivity contribution in [3.8, 4) is 0 Å². The minimum Gasteiger partial charge on any atom is -0.481 e. The summed E-state index contributed by atoms with van der Waals surface area (Å²) in [4.78, 5) is 28.9. The van der Waals surface area contributed by atoms with Crippen LogP contribution in [0.4, 0.5) is 10.1 Å². The number of carboxylic acids is 1. The largest absolute Gasteiger partial charge is 0.481 e. The number of hydrogen-bond donors (Lipinski definition) is 1. The highest BCUT2D eigenvalue weighted by Crippen LogP contribution is 2.36. The molecule has 0 radical (unpaired) electrons. The second kappa shape index (κ2) is 4.97. The first-order valence-electron chi connectivity index (χ1n) is 6.33. The topological polar surface area (TPSA) is 70.5 Å². The molecule has 21 heavy (non-hydrogen) atoms. The molecule has 1 amide bonds. The lowest BCUT2D eigenvalue weighted by Crippen LogP contribution is -2.31. The van der Waals surface area contributed by atoms with E-state index in [0.717, 1.165) is 12.3 Å². The minimum atomic E-state index is -0.982. The maximum absolute atomic E-state index is 12.9. The summed E-state index contributed by atoms with van der Waals surface area (Å²) in [6, 6.07) is 9.30. The minimum absolute atomic E-state index is 0.0482. The molecular weight excluding hydrogens is 275 g/mol. The Morgan fingerprint density at radius 1 is 1.24 bits per heavy atom. The predicted molar refractivity (Wildman–Crippen MR) is 72.7 cm³/mol. The molecule has 1 aliphatic heterocycles. The molecule has 6 heteroatoms. The zero-order chi connectivity index (χ0) is 15.0. The summed E-state index contributed by atoms with van der Waals surface area (Å²) in [7, 11) is 0. The van der Waals surface area contributed by atoms with E-state index >= 15 is 0 Å². The van der Waals surface area contributed by atoms with Gasteiger partial charge in [-0.25, -0.2) is 9.37 Å². The average molecular weight is 286 g/mol. The van der Waals surface area contributed by atoms with Gasteiger partial charge >= 0.3 is 5.97 Å². The van der Waals surface area contributed by atoms with Crippen LogP contribution in [0.1, 0.15) is 22.0 Å². The Morgan fingerprint density at radius 2 is 2.00 bits per heavy atom. The highest BCUT2D eigenvalue weighted by molar-refractivity contribution is 6.07. The molecule has 0 aliphatic carbocycles. The van der Waals surface area contributed by atoms with Crippen LogP contribution in [0.3, 0.4) is 0 Å². The van der Waals surface area contributed by atoms with Gasteiger partial charge in [-0.3, -0.25) is 9.59 Å². The number of aromatic nitrogens is 1. The summed E-state index contributed by atoms with van der Waals surface area (Å²) in [5.74, 6) is -2.71. The van der Waals surface area contributed by atoms with Crippen LogP contribution in [0.2, 0.25) is 0 Å². The van der Waals surface area contributed by atoms with Crippen LogP contribution in [0.15, 0.2) is 42.6 Å². The highest BCUT2D eigenvalue weighted by atomic mass is 19.1. The van der Waals surface area contributed by atoms with Crippen LogP contribution in [0.5, 0.6) is 0 Å². The van der Waals surface area contributed by atoms with Gasteiger partial charge in [0.2, 0.25) is 0 Å². The number of carboxylic acid groups (broad SMARTS) is 1. The average Bonchev–Trinajstić information content (AvgIpc) is 2.87. The third-order valence-corrected chi connectivity index (χ3v) is 3.46. The van der Waals surface area contributed by atoms with E-state index in [1.54, 1.807) is 24.3 Å². The van der Waals surface area contributed by atoms with Crippen molar-refractivity contribution in [3.05, 3.63) is 59.7 Å². The Morgan fingerprint density at radius 3 is 2.67 bits per heavy atom. The summed E-state index contributed by atoms with van der Waals surface area (Å²) in [6.45, 7) is 0.0482. The number of aliphatic carboxylic acids is 1. The van der Waals surface area contributed by atoms with Gasteiger partial charge in [-0.15, -0.1) is 0 Å². The molecule has 1 aromatic carbocycles. The first-order valence-corrected chi connectivity index (χ1v) is 6.33. The number of rotatable bonds is 2. The molecular formula is C15H11FN2O3. The summed E-state index contributed by atoms with van der Waals surface area (Å²) in [6.07, 6.45) is 0.962. The number of amides is 1. The van der Waals surface area contributed by atoms with E-state index in [-0.39, 0.29) is 12.2 Å². The molecule has 1 aliphatic rings. The summed E-state index contributed by atoms with van der Waals surface area (Å²) in [5, 5.41) is 9.26. The third-order valence-electron chi connectivity index (χ3n) is 3.46. The molecule has 1 aromatic heterocycles. The fourth-order valence-corrected chi connectivity index (χ4v) is 2.45. The molecule has 1 unspecified atom stereocenters. The van der Waals surface area contributed by atoms with E-state index in [4.69, 9.17) is 0 Å². The van der Waals surface area contributed by atoms with Gasteiger partial charge in [-0.05, 0) is 23.8 Å². The second-order valence-electron chi connectivity index (χ2n) is 4.73. The number of carbonyl (C=O) groups is 2. The zero-order valence-electron chi connectivity index (χ0n) is 10.9. The molecule has 3 rings (SSSR count). The number of benzene rings is 1. The Labute approximate surface area is 119 Å². The Kier molecular flexibility index (Phi) is 3.13. The van der Waals surface area contributed by atoms with Crippen LogP contribution in [0.25, 0.3) is 0 Å². The van der Waals surface area contributed by atoms with Gasteiger partial charge in [0.25, 0.3) is 5.91 Å². The molecule has 2 aromatic rings. The van der Waals surface area contributed by atoms with Crippen molar-refractivity contribution in [3.63, 3.8) is 0 Å². The lowest BCUT2D eigenvalue weighted by molar-refractivity contribution is -0.138. The van der Waals surface area contributed by atoms with Crippen molar-refractivity contribution in [2.45, 2.75) is 5.92 Å². The van der Waals surface area contributed by atoms with Gasteiger partial charge in [0.05, 0.1) is 6.20 Å². The molecule has 2 heterocycles. The Bertz CT molecular complexity index is 715. The first-order chi connectivity index (χ1) is 10.1. The number of pyridine rings is 1. The van der Waals surface area contributed by atoms with Gasteiger partial charge in [0.15, 0.2) is 0 Å². The van der Waals surface area contributed by atoms with Crippen LogP contribution in [0, 0.1) is 5.82 Å². The number of anilines is 1. The lowest BCUT2D eigenvalue weighted by atomic mass is 10.0. The van der Waals surface area contributed by atoms with Gasteiger partial charge < -0.3 is 10.0 Å². The van der Waals surface area contributed by atoms with Crippen molar-refractivity contribution in [2.24, 2.45) is 0 Å². The summed E-state index contributed by atoms with van der Waals surface area (Å²) < 4.78 is 12.9. The van der Waals surface area contributed by atoms with E-state index in [9.17, 15) is 19.1 Å². The standard InChI is InChI=1S/C15H11FN2O3/c16-9-5-6-12(17-7-9)14(19)18-8-11(15(20)21)10-3-1-2-4-13(10)18/h1-7,11H,8H2,(H,20,21). The monoisotopic (exact) mass is 286 g/mol. The normalized spacial score (nSPS) is 16.6. The maximum atomic E-state index is 12.9. The van der Waals surface area contributed by atoms with Crippen molar-refractivity contribution in [2.75, 3.05) is 11.4 Å². The molecule has 0 fully saturated rings. The molecule has 0 bridgehead atoms. The lowest BCUT2D eigenvalue weighted by Gasteiger charge is -2.16. The highest BCUT2D eigenvalue weighted by Gasteiger charge is 2.36. The predicted octanol–water partition coefficient (Wildman–Crippen LogP) is 2.05. The number of nitrogens with zero attached hydrogens (tertiary/aromatic N) is 2.